The normalized spacial score (nSPS) is 11.3. The van der Waals surface area contributed by atoms with Crippen molar-refractivity contribution in [3.63, 3.8) is 0 Å². The molecule has 0 spiro atoms. The third kappa shape index (κ3) is 2.37. The van der Waals surface area contributed by atoms with Crippen LogP contribution in [0.15, 0.2) is 58.5 Å². The van der Waals surface area contributed by atoms with Crippen molar-refractivity contribution in [2.75, 3.05) is 0 Å². The number of imidazole rings is 1. The number of thioether (sulfide) groups is 1. The number of aromatic amines is 2. The van der Waals surface area contributed by atoms with E-state index >= 15 is 0 Å². The summed E-state index contributed by atoms with van der Waals surface area (Å²) < 4.78 is 0. The van der Waals surface area contributed by atoms with E-state index in [4.69, 9.17) is 0 Å². The van der Waals surface area contributed by atoms with E-state index in [9.17, 15) is 4.79 Å². The van der Waals surface area contributed by atoms with Gasteiger partial charge in [-0.1, -0.05) is 36.0 Å². The number of nitrogens with one attached hydrogen (secondary N) is 2. The van der Waals surface area contributed by atoms with Crippen molar-refractivity contribution in [1.82, 2.24) is 19.9 Å². The molecule has 2 heterocycles. The van der Waals surface area contributed by atoms with Crippen LogP contribution in [0, 0.1) is 0 Å². The molecule has 0 fully saturated rings. The van der Waals surface area contributed by atoms with Crippen molar-refractivity contribution in [1.29, 1.82) is 0 Å². The number of hydrogen-bond donors (Lipinski definition) is 2. The summed E-state index contributed by atoms with van der Waals surface area (Å²) in [6.07, 6.45) is 0. The number of aromatic nitrogens is 4. The van der Waals surface area contributed by atoms with Gasteiger partial charge in [-0.2, -0.15) is 0 Å². The fourth-order valence-corrected chi connectivity index (χ4v) is 3.09. The van der Waals surface area contributed by atoms with Crippen molar-refractivity contribution in [2.24, 2.45) is 0 Å². The molecule has 0 unspecified atom stereocenters. The lowest BCUT2D eigenvalue weighted by Crippen LogP contribution is -2.11. The topological polar surface area (TPSA) is 74.4 Å². The number of benzene rings is 2. The van der Waals surface area contributed by atoms with Crippen molar-refractivity contribution >= 4 is 33.7 Å². The average Bonchev–Trinajstić information content (AvgIpc) is 2.96. The van der Waals surface area contributed by atoms with Gasteiger partial charge in [0, 0.05) is 0 Å². The van der Waals surface area contributed by atoms with Crippen molar-refractivity contribution < 1.29 is 0 Å². The molecule has 5 nitrogen and oxygen atoms in total. The molecule has 0 saturated carbocycles. The van der Waals surface area contributed by atoms with Gasteiger partial charge >= 0.3 is 0 Å². The van der Waals surface area contributed by atoms with E-state index in [0.29, 0.717) is 22.5 Å². The summed E-state index contributed by atoms with van der Waals surface area (Å²) in [5.74, 6) is 1.20. The maximum Gasteiger partial charge on any atom is 0.258 e. The maximum atomic E-state index is 12.0. The lowest BCUT2D eigenvalue weighted by Gasteiger charge is -2.01. The first-order valence-electron chi connectivity index (χ1n) is 6.85. The van der Waals surface area contributed by atoms with Crippen molar-refractivity contribution in [3.8, 4) is 0 Å². The van der Waals surface area contributed by atoms with Gasteiger partial charge in [-0.3, -0.25) is 4.79 Å². The minimum absolute atomic E-state index is 0.106. The highest BCUT2D eigenvalue weighted by atomic mass is 32.2. The van der Waals surface area contributed by atoms with Crippen LogP contribution in [0.1, 0.15) is 5.82 Å². The number of para-hydroxylation sites is 3. The highest BCUT2D eigenvalue weighted by molar-refractivity contribution is 7.98. The Labute approximate surface area is 129 Å². The minimum Gasteiger partial charge on any atom is -0.333 e. The van der Waals surface area contributed by atoms with Crippen LogP contribution in [0.4, 0.5) is 0 Å². The van der Waals surface area contributed by atoms with Gasteiger partial charge in [0.15, 0.2) is 5.16 Å². The fourth-order valence-electron chi connectivity index (χ4n) is 2.34. The van der Waals surface area contributed by atoms with Crippen LogP contribution < -0.4 is 5.56 Å². The summed E-state index contributed by atoms with van der Waals surface area (Å²) in [6, 6.07) is 15.2. The second-order valence-electron chi connectivity index (χ2n) is 4.88. The van der Waals surface area contributed by atoms with Crippen LogP contribution in [0.2, 0.25) is 0 Å². The van der Waals surface area contributed by atoms with Crippen LogP contribution in [0.25, 0.3) is 21.9 Å². The molecule has 6 heteroatoms. The Morgan fingerprint density at radius 1 is 0.909 bits per heavy atom. The smallest absolute Gasteiger partial charge is 0.258 e. The van der Waals surface area contributed by atoms with Gasteiger partial charge < -0.3 is 9.97 Å². The molecule has 2 aromatic carbocycles. The van der Waals surface area contributed by atoms with E-state index in [1.54, 1.807) is 6.07 Å². The predicted octanol–water partition coefficient (Wildman–Crippen LogP) is 3.09. The molecule has 0 atom stereocenters. The molecule has 2 N–H and O–H groups in total. The molecule has 0 aliphatic rings. The highest BCUT2D eigenvalue weighted by Crippen LogP contribution is 2.21. The van der Waals surface area contributed by atoms with Gasteiger partial charge in [0.1, 0.15) is 5.82 Å². The summed E-state index contributed by atoms with van der Waals surface area (Å²) in [7, 11) is 0. The van der Waals surface area contributed by atoms with E-state index in [1.807, 2.05) is 42.5 Å². The van der Waals surface area contributed by atoms with Gasteiger partial charge in [-0.25, -0.2) is 9.97 Å². The Hall–Kier alpha value is -2.60. The molecule has 4 rings (SSSR count). The second-order valence-corrected chi connectivity index (χ2v) is 5.84. The van der Waals surface area contributed by atoms with Crippen molar-refractivity contribution in [2.45, 2.75) is 10.9 Å². The second kappa shape index (κ2) is 5.31. The van der Waals surface area contributed by atoms with Gasteiger partial charge in [0.05, 0.1) is 27.7 Å². The molecule has 0 saturated heterocycles. The van der Waals surface area contributed by atoms with Crippen LogP contribution >= 0.6 is 11.8 Å². The van der Waals surface area contributed by atoms with E-state index in [0.717, 1.165) is 16.2 Å². The van der Waals surface area contributed by atoms with E-state index in [2.05, 4.69) is 19.9 Å². The van der Waals surface area contributed by atoms with E-state index in [1.165, 1.54) is 11.8 Å². The largest absolute Gasteiger partial charge is 0.333 e. The van der Waals surface area contributed by atoms with Crippen molar-refractivity contribution in [3.05, 3.63) is 64.7 Å². The monoisotopic (exact) mass is 308 g/mol. The molecule has 0 aliphatic heterocycles. The first-order valence-corrected chi connectivity index (χ1v) is 7.84. The zero-order chi connectivity index (χ0) is 14.9. The highest BCUT2D eigenvalue weighted by Gasteiger charge is 2.06. The van der Waals surface area contributed by atoms with E-state index < -0.39 is 0 Å². The van der Waals surface area contributed by atoms with E-state index in [-0.39, 0.29) is 5.56 Å². The minimum atomic E-state index is -0.106. The van der Waals surface area contributed by atoms with Crippen LogP contribution in [-0.4, -0.2) is 19.9 Å². The zero-order valence-corrected chi connectivity index (χ0v) is 12.4. The Balaban J connectivity index is 1.62. The van der Waals surface area contributed by atoms with Gasteiger partial charge in [-0.15, -0.1) is 0 Å². The number of H-pyrrole nitrogens is 2. The molecule has 0 bridgehead atoms. The SMILES string of the molecule is O=c1[nH]c(CSc2nc3ccccc3[nH]2)nc2ccccc12. The summed E-state index contributed by atoms with van der Waals surface area (Å²) in [4.78, 5) is 27.1. The van der Waals surface area contributed by atoms with Gasteiger partial charge in [-0.05, 0) is 24.3 Å². The average molecular weight is 308 g/mol. The summed E-state index contributed by atoms with van der Waals surface area (Å²) in [6.45, 7) is 0. The molecular formula is C16H12N4OS. The summed E-state index contributed by atoms with van der Waals surface area (Å²) in [5.41, 5.74) is 2.55. The predicted molar refractivity (Wildman–Crippen MR) is 88.0 cm³/mol. The molecule has 108 valence electrons. The first kappa shape index (κ1) is 13.1. The molecule has 2 aromatic heterocycles. The Kier molecular flexibility index (Phi) is 3.16. The maximum absolute atomic E-state index is 12.0. The Bertz CT molecular complexity index is 988. The molecule has 4 aromatic rings. The quantitative estimate of drug-likeness (QED) is 0.570. The molecule has 0 amide bonds. The number of rotatable bonds is 3. The molecule has 0 radical (unpaired) electrons. The number of nitrogens with zero attached hydrogens (tertiary/aromatic N) is 2. The molecule has 22 heavy (non-hydrogen) atoms. The number of hydrogen-bond acceptors (Lipinski definition) is 4. The summed E-state index contributed by atoms with van der Waals surface area (Å²) in [5, 5.41) is 1.43. The van der Waals surface area contributed by atoms with Crippen LogP contribution in [-0.2, 0) is 5.75 Å². The number of fused-ring (bicyclic) bond motifs is 2. The standard InChI is InChI=1S/C16H12N4OS/c21-15-10-5-1-2-6-11(10)17-14(20-15)9-22-16-18-12-7-3-4-8-13(12)19-16/h1-8H,9H2,(H,18,19)(H,17,20,21). The van der Waals surface area contributed by atoms with Crippen LogP contribution in [0.3, 0.4) is 0 Å². The zero-order valence-electron chi connectivity index (χ0n) is 11.5. The first-order chi connectivity index (χ1) is 10.8. The third-order valence-corrected chi connectivity index (χ3v) is 4.26. The van der Waals surface area contributed by atoms with Gasteiger partial charge in [0.25, 0.3) is 5.56 Å². The third-order valence-electron chi connectivity index (χ3n) is 3.38. The molecular weight excluding hydrogens is 296 g/mol. The lowest BCUT2D eigenvalue weighted by molar-refractivity contribution is 1.02. The fraction of sp³-hybridized carbons (Fsp3) is 0.0625. The summed E-state index contributed by atoms with van der Waals surface area (Å²) >= 11 is 1.52. The Morgan fingerprint density at radius 2 is 1.68 bits per heavy atom. The Morgan fingerprint density at radius 3 is 2.55 bits per heavy atom. The lowest BCUT2D eigenvalue weighted by atomic mass is 10.2. The molecule has 0 aliphatic carbocycles. The van der Waals surface area contributed by atoms with Gasteiger partial charge in [0.2, 0.25) is 0 Å². The van der Waals surface area contributed by atoms with Crippen LogP contribution in [0.5, 0.6) is 0 Å².